The molecule has 8 heteroatoms. The Morgan fingerprint density at radius 1 is 1.61 bits per heavy atom. The fraction of sp³-hybridized carbons (Fsp3) is 0.600. The normalized spacial score (nSPS) is 21.1. The summed E-state index contributed by atoms with van der Waals surface area (Å²) < 4.78 is 24.7. The van der Waals surface area contributed by atoms with Crippen LogP contribution in [-0.2, 0) is 10.0 Å². The maximum absolute atomic E-state index is 11.6. The van der Waals surface area contributed by atoms with Gasteiger partial charge in [-0.15, -0.1) is 0 Å². The summed E-state index contributed by atoms with van der Waals surface area (Å²) in [6.07, 6.45) is 5.87. The van der Waals surface area contributed by atoms with Crippen molar-refractivity contribution in [2.24, 2.45) is 0 Å². The molecule has 0 saturated carbocycles. The summed E-state index contributed by atoms with van der Waals surface area (Å²) in [6.45, 7) is 1.09. The molecule has 1 saturated heterocycles. The molecule has 2 heterocycles. The molecule has 0 spiro atoms. The van der Waals surface area contributed by atoms with Crippen LogP contribution in [0.2, 0.25) is 5.02 Å². The number of hydrogen-bond acceptors (Lipinski definition) is 5. The zero-order valence-corrected chi connectivity index (χ0v) is 11.6. The summed E-state index contributed by atoms with van der Waals surface area (Å²) in [5.74, 6) is 0.534. The molecular formula is C10H15ClN4O2S. The Labute approximate surface area is 111 Å². The third-order valence-electron chi connectivity index (χ3n) is 2.92. The van der Waals surface area contributed by atoms with Crippen molar-refractivity contribution in [3.63, 3.8) is 0 Å². The van der Waals surface area contributed by atoms with Gasteiger partial charge < -0.3 is 5.32 Å². The van der Waals surface area contributed by atoms with Crippen molar-refractivity contribution >= 4 is 27.4 Å². The van der Waals surface area contributed by atoms with Gasteiger partial charge in [0.1, 0.15) is 17.2 Å². The van der Waals surface area contributed by atoms with Crippen LogP contribution in [0.5, 0.6) is 0 Å². The number of halogens is 1. The van der Waals surface area contributed by atoms with Crippen molar-refractivity contribution in [3.05, 3.63) is 17.5 Å². The molecule has 1 aromatic heterocycles. The second-order valence-corrected chi connectivity index (χ2v) is 6.61. The lowest BCUT2D eigenvalue weighted by Gasteiger charge is -2.22. The molecule has 6 nitrogen and oxygen atoms in total. The summed E-state index contributed by atoms with van der Waals surface area (Å²) in [4.78, 5) is 7.79. The van der Waals surface area contributed by atoms with Gasteiger partial charge >= 0.3 is 0 Å². The van der Waals surface area contributed by atoms with Crippen LogP contribution in [-0.4, -0.2) is 48.1 Å². The molecule has 1 fully saturated rings. The van der Waals surface area contributed by atoms with Gasteiger partial charge in [0.15, 0.2) is 0 Å². The van der Waals surface area contributed by atoms with E-state index in [4.69, 9.17) is 11.6 Å². The molecule has 1 aliphatic heterocycles. The smallest absolute Gasteiger partial charge is 0.211 e. The van der Waals surface area contributed by atoms with Gasteiger partial charge in [0.25, 0.3) is 0 Å². The molecule has 1 unspecified atom stereocenters. The number of anilines is 1. The van der Waals surface area contributed by atoms with Gasteiger partial charge in [0, 0.05) is 19.1 Å². The largest absolute Gasteiger partial charge is 0.367 e. The topological polar surface area (TPSA) is 75.2 Å². The third kappa shape index (κ3) is 3.09. The first-order valence-electron chi connectivity index (χ1n) is 5.64. The second-order valence-electron chi connectivity index (χ2n) is 4.27. The molecule has 0 radical (unpaired) electrons. The summed E-state index contributed by atoms with van der Waals surface area (Å²) in [5.41, 5.74) is 0. The first-order chi connectivity index (χ1) is 8.48. The van der Waals surface area contributed by atoms with Crippen LogP contribution in [0, 0.1) is 0 Å². The van der Waals surface area contributed by atoms with Crippen molar-refractivity contribution in [1.82, 2.24) is 14.3 Å². The average molecular weight is 291 g/mol. The summed E-state index contributed by atoms with van der Waals surface area (Å²) >= 11 is 5.92. The Bertz CT molecular complexity index is 522. The maximum atomic E-state index is 11.6. The number of aromatic nitrogens is 2. The molecule has 18 heavy (non-hydrogen) atoms. The maximum Gasteiger partial charge on any atom is 0.211 e. The van der Waals surface area contributed by atoms with Crippen molar-refractivity contribution in [2.75, 3.05) is 24.7 Å². The predicted octanol–water partition coefficient (Wildman–Crippen LogP) is 0.966. The molecule has 0 bridgehead atoms. The standard InChI is InChI=1S/C10H15ClN4O2S/c1-18(16,17)15-4-2-3-8(15)5-13-10-9(11)6-12-7-14-10/h6-8H,2-5H2,1H3,(H,12,13,14). The van der Waals surface area contributed by atoms with E-state index in [1.807, 2.05) is 0 Å². The van der Waals surface area contributed by atoms with Gasteiger partial charge in [-0.05, 0) is 12.8 Å². The number of nitrogens with zero attached hydrogens (tertiary/aromatic N) is 3. The van der Waals surface area contributed by atoms with Crippen LogP contribution in [0.1, 0.15) is 12.8 Å². The molecule has 1 atom stereocenters. The van der Waals surface area contributed by atoms with Gasteiger partial charge in [-0.25, -0.2) is 18.4 Å². The fourth-order valence-corrected chi connectivity index (χ4v) is 3.46. The monoisotopic (exact) mass is 290 g/mol. The summed E-state index contributed by atoms with van der Waals surface area (Å²) in [7, 11) is -3.14. The molecule has 0 aromatic carbocycles. The lowest BCUT2D eigenvalue weighted by molar-refractivity contribution is 0.402. The Kier molecular flexibility index (Phi) is 4.04. The molecule has 1 aliphatic rings. The third-order valence-corrected chi connectivity index (χ3v) is 4.53. The van der Waals surface area contributed by atoms with E-state index in [0.717, 1.165) is 12.8 Å². The number of hydrogen-bond donors (Lipinski definition) is 1. The highest BCUT2D eigenvalue weighted by molar-refractivity contribution is 7.88. The molecule has 2 rings (SSSR count). The van der Waals surface area contributed by atoms with Gasteiger partial charge in [0.05, 0.1) is 12.5 Å². The fourth-order valence-electron chi connectivity index (χ4n) is 2.11. The van der Waals surface area contributed by atoms with Crippen LogP contribution >= 0.6 is 11.6 Å². The molecule has 1 aromatic rings. The Balaban J connectivity index is 2.00. The summed E-state index contributed by atoms with van der Waals surface area (Å²) in [6, 6.07) is -0.0361. The Morgan fingerprint density at radius 3 is 3.06 bits per heavy atom. The van der Waals surface area contributed by atoms with E-state index in [1.165, 1.54) is 23.1 Å². The molecule has 1 N–H and O–H groups in total. The predicted molar refractivity (Wildman–Crippen MR) is 70.1 cm³/mol. The van der Waals surface area contributed by atoms with Gasteiger partial charge in [-0.3, -0.25) is 0 Å². The highest BCUT2D eigenvalue weighted by Gasteiger charge is 2.31. The van der Waals surface area contributed by atoms with Crippen LogP contribution in [0.4, 0.5) is 5.82 Å². The number of sulfonamides is 1. The minimum absolute atomic E-state index is 0.0361. The van der Waals surface area contributed by atoms with Crippen LogP contribution in [0.3, 0.4) is 0 Å². The number of nitrogens with one attached hydrogen (secondary N) is 1. The summed E-state index contributed by atoms with van der Waals surface area (Å²) in [5, 5.41) is 3.50. The quantitative estimate of drug-likeness (QED) is 0.894. The van der Waals surface area contributed by atoms with E-state index in [1.54, 1.807) is 0 Å². The van der Waals surface area contributed by atoms with Crippen molar-refractivity contribution < 1.29 is 8.42 Å². The van der Waals surface area contributed by atoms with E-state index in [2.05, 4.69) is 15.3 Å². The highest BCUT2D eigenvalue weighted by atomic mass is 35.5. The van der Waals surface area contributed by atoms with E-state index in [9.17, 15) is 8.42 Å². The zero-order chi connectivity index (χ0) is 13.2. The first-order valence-corrected chi connectivity index (χ1v) is 7.87. The van der Waals surface area contributed by atoms with Crippen molar-refractivity contribution in [1.29, 1.82) is 0 Å². The minimum atomic E-state index is -3.14. The molecule has 0 amide bonds. The van der Waals surface area contributed by atoms with E-state index in [-0.39, 0.29) is 6.04 Å². The van der Waals surface area contributed by atoms with E-state index < -0.39 is 10.0 Å². The Morgan fingerprint density at radius 2 is 2.39 bits per heavy atom. The SMILES string of the molecule is CS(=O)(=O)N1CCCC1CNc1ncncc1Cl. The van der Waals surface area contributed by atoms with Crippen LogP contribution in [0.15, 0.2) is 12.5 Å². The lowest BCUT2D eigenvalue weighted by Crippen LogP contribution is -2.38. The van der Waals surface area contributed by atoms with E-state index in [0.29, 0.717) is 23.9 Å². The Hall–Kier alpha value is -0.920. The average Bonchev–Trinajstić information content (AvgIpc) is 2.76. The molecular weight excluding hydrogens is 276 g/mol. The van der Waals surface area contributed by atoms with Crippen LogP contribution in [0.25, 0.3) is 0 Å². The van der Waals surface area contributed by atoms with E-state index >= 15 is 0 Å². The van der Waals surface area contributed by atoms with Crippen molar-refractivity contribution in [2.45, 2.75) is 18.9 Å². The minimum Gasteiger partial charge on any atom is -0.367 e. The second kappa shape index (κ2) is 5.38. The lowest BCUT2D eigenvalue weighted by atomic mass is 10.2. The number of rotatable bonds is 4. The van der Waals surface area contributed by atoms with Gasteiger partial charge in [-0.1, -0.05) is 11.6 Å². The van der Waals surface area contributed by atoms with Crippen molar-refractivity contribution in [3.8, 4) is 0 Å². The molecule has 100 valence electrons. The van der Waals surface area contributed by atoms with Gasteiger partial charge in [0.2, 0.25) is 10.0 Å². The van der Waals surface area contributed by atoms with Gasteiger partial charge in [-0.2, -0.15) is 4.31 Å². The molecule has 0 aliphatic carbocycles. The van der Waals surface area contributed by atoms with Crippen LogP contribution < -0.4 is 5.32 Å². The first kappa shape index (κ1) is 13.5. The highest BCUT2D eigenvalue weighted by Crippen LogP contribution is 2.22. The zero-order valence-electron chi connectivity index (χ0n) is 10.0.